The van der Waals surface area contributed by atoms with E-state index in [0.29, 0.717) is 5.69 Å². The fourth-order valence-electron chi connectivity index (χ4n) is 2.33. The summed E-state index contributed by atoms with van der Waals surface area (Å²) >= 11 is 5.96. The van der Waals surface area contributed by atoms with E-state index in [1.165, 1.54) is 23.1 Å². The molecule has 0 aliphatic carbocycles. The van der Waals surface area contributed by atoms with E-state index in [4.69, 9.17) is 11.6 Å². The molecule has 3 rings (SSSR count). The molecule has 1 heterocycles. The monoisotopic (exact) mass is 345 g/mol. The number of tetrazole rings is 1. The predicted molar refractivity (Wildman–Crippen MR) is 87.6 cm³/mol. The molecule has 0 unspecified atom stereocenters. The molecule has 1 aromatic heterocycles. The standard InChI is InChI=1S/C16H13ClFN5O/c1-10-14(6-3-7-15(10)23-9-19-21-22-23)20-16(24)8-11-12(17)4-2-5-13(11)18/h2-7,9H,8H2,1H3,(H,20,24). The average Bonchev–Trinajstić information content (AvgIpc) is 3.07. The van der Waals surface area contributed by atoms with E-state index in [9.17, 15) is 9.18 Å². The first kappa shape index (κ1) is 16.1. The Morgan fingerprint density at radius 2 is 2.08 bits per heavy atom. The van der Waals surface area contributed by atoms with Crippen molar-refractivity contribution in [1.82, 2.24) is 20.2 Å². The maximum Gasteiger partial charge on any atom is 0.228 e. The highest BCUT2D eigenvalue weighted by Crippen LogP contribution is 2.23. The van der Waals surface area contributed by atoms with E-state index in [1.807, 2.05) is 13.0 Å². The van der Waals surface area contributed by atoms with Gasteiger partial charge in [0.15, 0.2) is 0 Å². The fraction of sp³-hybridized carbons (Fsp3) is 0.125. The van der Waals surface area contributed by atoms with Crippen LogP contribution in [-0.4, -0.2) is 26.1 Å². The summed E-state index contributed by atoms with van der Waals surface area (Å²) < 4.78 is 15.3. The van der Waals surface area contributed by atoms with E-state index in [2.05, 4.69) is 20.8 Å². The number of halogens is 2. The number of benzene rings is 2. The molecule has 24 heavy (non-hydrogen) atoms. The number of hydrogen-bond donors (Lipinski definition) is 1. The topological polar surface area (TPSA) is 72.7 Å². The Hall–Kier alpha value is -2.80. The van der Waals surface area contributed by atoms with Crippen molar-refractivity contribution < 1.29 is 9.18 Å². The molecule has 0 atom stereocenters. The quantitative estimate of drug-likeness (QED) is 0.789. The van der Waals surface area contributed by atoms with Crippen LogP contribution in [0.1, 0.15) is 11.1 Å². The highest BCUT2D eigenvalue weighted by molar-refractivity contribution is 6.31. The summed E-state index contributed by atoms with van der Waals surface area (Å²) in [6.45, 7) is 1.84. The Morgan fingerprint density at radius 3 is 2.79 bits per heavy atom. The Labute approximate surface area is 142 Å². The highest BCUT2D eigenvalue weighted by atomic mass is 35.5. The molecule has 1 N–H and O–H groups in total. The second-order valence-corrected chi connectivity index (χ2v) is 5.54. The van der Waals surface area contributed by atoms with Crippen LogP contribution in [0.5, 0.6) is 0 Å². The minimum atomic E-state index is -0.503. The number of anilines is 1. The van der Waals surface area contributed by atoms with Crippen LogP contribution in [0.4, 0.5) is 10.1 Å². The zero-order valence-electron chi connectivity index (χ0n) is 12.7. The Morgan fingerprint density at radius 1 is 1.29 bits per heavy atom. The average molecular weight is 346 g/mol. The van der Waals surface area contributed by atoms with Crippen LogP contribution in [0.3, 0.4) is 0 Å². The van der Waals surface area contributed by atoms with Crippen LogP contribution in [0.25, 0.3) is 5.69 Å². The third kappa shape index (κ3) is 3.26. The van der Waals surface area contributed by atoms with Crippen molar-refractivity contribution in [1.29, 1.82) is 0 Å². The molecule has 0 saturated carbocycles. The van der Waals surface area contributed by atoms with Crippen LogP contribution in [0.2, 0.25) is 5.02 Å². The summed E-state index contributed by atoms with van der Waals surface area (Å²) in [5.74, 6) is -0.865. The molecule has 2 aromatic carbocycles. The molecule has 0 aliphatic rings. The van der Waals surface area contributed by atoms with E-state index in [-0.39, 0.29) is 22.9 Å². The van der Waals surface area contributed by atoms with Crippen LogP contribution >= 0.6 is 11.6 Å². The van der Waals surface area contributed by atoms with Gasteiger partial charge in [0.25, 0.3) is 0 Å². The summed E-state index contributed by atoms with van der Waals surface area (Å²) in [5.41, 5.74) is 2.30. The molecule has 8 heteroatoms. The van der Waals surface area contributed by atoms with Gasteiger partial charge in [0.2, 0.25) is 5.91 Å². The molecule has 0 radical (unpaired) electrons. The molecule has 1 amide bonds. The number of nitrogens with one attached hydrogen (secondary N) is 1. The second-order valence-electron chi connectivity index (χ2n) is 5.13. The van der Waals surface area contributed by atoms with Crippen molar-refractivity contribution in [3.05, 3.63) is 64.7 Å². The summed E-state index contributed by atoms with van der Waals surface area (Å²) in [7, 11) is 0. The van der Waals surface area contributed by atoms with E-state index in [1.54, 1.807) is 18.2 Å². The molecule has 0 fully saturated rings. The number of hydrogen-bond acceptors (Lipinski definition) is 4. The third-order valence-corrected chi connectivity index (χ3v) is 3.93. The lowest BCUT2D eigenvalue weighted by atomic mass is 10.1. The Kier molecular flexibility index (Phi) is 4.52. The van der Waals surface area contributed by atoms with Gasteiger partial charge in [0.05, 0.1) is 12.1 Å². The molecule has 0 saturated heterocycles. The van der Waals surface area contributed by atoms with Crippen molar-refractivity contribution in [3.8, 4) is 5.69 Å². The summed E-state index contributed by atoms with van der Waals surface area (Å²) in [4.78, 5) is 12.3. The van der Waals surface area contributed by atoms with Crippen LogP contribution in [0, 0.1) is 12.7 Å². The molecule has 0 spiro atoms. The number of carbonyl (C=O) groups is 1. The van der Waals surface area contributed by atoms with Gasteiger partial charge < -0.3 is 5.32 Å². The van der Waals surface area contributed by atoms with Crippen molar-refractivity contribution >= 4 is 23.2 Å². The first-order valence-corrected chi connectivity index (χ1v) is 7.50. The van der Waals surface area contributed by atoms with E-state index >= 15 is 0 Å². The van der Waals surface area contributed by atoms with Crippen molar-refractivity contribution in [2.45, 2.75) is 13.3 Å². The Bertz CT molecular complexity index is 862. The summed E-state index contributed by atoms with van der Waals surface area (Å²) in [5, 5.41) is 14.0. The zero-order valence-corrected chi connectivity index (χ0v) is 13.5. The van der Waals surface area contributed by atoms with Crippen molar-refractivity contribution in [2.75, 3.05) is 5.32 Å². The number of carbonyl (C=O) groups excluding carboxylic acids is 1. The molecular formula is C16H13ClFN5O. The third-order valence-electron chi connectivity index (χ3n) is 3.57. The molecule has 0 bridgehead atoms. The maximum atomic E-state index is 13.8. The molecule has 3 aromatic rings. The lowest BCUT2D eigenvalue weighted by molar-refractivity contribution is -0.115. The van der Waals surface area contributed by atoms with Gasteiger partial charge >= 0.3 is 0 Å². The zero-order chi connectivity index (χ0) is 17.1. The van der Waals surface area contributed by atoms with Crippen LogP contribution in [-0.2, 0) is 11.2 Å². The number of amides is 1. The van der Waals surface area contributed by atoms with Gasteiger partial charge in [-0.25, -0.2) is 9.07 Å². The molecular weight excluding hydrogens is 333 g/mol. The van der Waals surface area contributed by atoms with Crippen LogP contribution in [0.15, 0.2) is 42.7 Å². The molecule has 122 valence electrons. The van der Waals surface area contributed by atoms with Gasteiger partial charge in [0, 0.05) is 16.3 Å². The van der Waals surface area contributed by atoms with Gasteiger partial charge in [-0.2, -0.15) is 0 Å². The van der Waals surface area contributed by atoms with Gasteiger partial charge in [-0.3, -0.25) is 4.79 Å². The smallest absolute Gasteiger partial charge is 0.228 e. The lowest BCUT2D eigenvalue weighted by Crippen LogP contribution is -2.16. The van der Waals surface area contributed by atoms with Crippen LogP contribution < -0.4 is 5.32 Å². The summed E-state index contributed by atoms with van der Waals surface area (Å²) in [6.07, 6.45) is 1.31. The minimum Gasteiger partial charge on any atom is -0.325 e. The largest absolute Gasteiger partial charge is 0.325 e. The van der Waals surface area contributed by atoms with Gasteiger partial charge in [-0.1, -0.05) is 23.7 Å². The Balaban J connectivity index is 1.81. The molecule has 6 nitrogen and oxygen atoms in total. The first-order chi connectivity index (χ1) is 11.6. The van der Waals surface area contributed by atoms with Gasteiger partial charge in [0.1, 0.15) is 12.1 Å². The lowest BCUT2D eigenvalue weighted by Gasteiger charge is -2.12. The van der Waals surface area contributed by atoms with Gasteiger partial charge in [-0.15, -0.1) is 5.10 Å². The number of rotatable bonds is 4. The number of aromatic nitrogens is 4. The van der Waals surface area contributed by atoms with E-state index < -0.39 is 5.82 Å². The number of nitrogens with zero attached hydrogens (tertiary/aromatic N) is 4. The van der Waals surface area contributed by atoms with E-state index in [0.717, 1.165) is 11.3 Å². The fourth-order valence-corrected chi connectivity index (χ4v) is 2.56. The first-order valence-electron chi connectivity index (χ1n) is 7.12. The van der Waals surface area contributed by atoms with Crippen molar-refractivity contribution in [3.63, 3.8) is 0 Å². The maximum absolute atomic E-state index is 13.8. The highest BCUT2D eigenvalue weighted by Gasteiger charge is 2.14. The van der Waals surface area contributed by atoms with Crippen molar-refractivity contribution in [2.24, 2.45) is 0 Å². The molecule has 0 aliphatic heterocycles. The summed E-state index contributed by atoms with van der Waals surface area (Å²) in [6, 6.07) is 9.68. The predicted octanol–water partition coefficient (Wildman–Crippen LogP) is 2.94. The second kappa shape index (κ2) is 6.76. The minimum absolute atomic E-state index is 0.153. The van der Waals surface area contributed by atoms with Gasteiger partial charge in [-0.05, 0) is 47.2 Å². The normalized spacial score (nSPS) is 10.6. The SMILES string of the molecule is Cc1c(NC(=O)Cc2c(F)cccc2Cl)cccc1-n1cnnn1.